The number of fused-ring (bicyclic) bond motifs is 6. The number of aromatic hydroxyl groups is 2. The standard InChI is InChI=1S/C56H74N2O12/c1-29-14-16-42-51(5,6)44(67-31(3)59)18-20-55(42)53(29,9)25-35-40(61)23-33-37(46(35)69-55)27-57(48(33)63)22-12-11-13-39(50(65)66)58-28-38-34(49(58)64)24-41(62)36-26-54(10)30(2)15-17-43-52(7,8)45(68-32(4)60)19-21-56(43,54)70-47(36)38/h23-24,29-30,39,42-45,61-62H,11-22,25-28H2,1-10H3,(H,65,66)/t29-,30-,39+,42-,43-,44-,45-,53+,54+,55-,56-/m0/s1. The maximum absolute atomic E-state index is 14.3. The van der Waals surface area contributed by atoms with Crippen molar-refractivity contribution in [1.29, 1.82) is 0 Å². The van der Waals surface area contributed by atoms with E-state index in [1.807, 2.05) is 0 Å². The monoisotopic (exact) mass is 967 g/mol. The van der Waals surface area contributed by atoms with Gasteiger partial charge in [-0.1, -0.05) is 55.4 Å². The first-order valence-electron chi connectivity index (χ1n) is 26.1. The first-order chi connectivity index (χ1) is 32.8. The van der Waals surface area contributed by atoms with Crippen LogP contribution in [0.5, 0.6) is 23.0 Å². The summed E-state index contributed by atoms with van der Waals surface area (Å²) in [4.78, 5) is 69.1. The number of benzene rings is 2. The van der Waals surface area contributed by atoms with E-state index >= 15 is 0 Å². The molecule has 11 atom stereocenters. The number of phenolic OH excluding ortho intramolecular Hbond substituents is 2. The molecule has 8 aliphatic rings. The molecule has 4 aliphatic heterocycles. The molecule has 4 aliphatic carbocycles. The van der Waals surface area contributed by atoms with Crippen molar-refractivity contribution in [3.8, 4) is 23.0 Å². The molecule has 2 spiro atoms. The van der Waals surface area contributed by atoms with Gasteiger partial charge in [-0.15, -0.1) is 0 Å². The van der Waals surface area contributed by atoms with Gasteiger partial charge < -0.3 is 44.1 Å². The first-order valence-corrected chi connectivity index (χ1v) is 26.1. The van der Waals surface area contributed by atoms with E-state index in [1.54, 1.807) is 11.0 Å². The molecule has 4 heterocycles. The van der Waals surface area contributed by atoms with Crippen LogP contribution in [0.4, 0.5) is 0 Å². The molecule has 0 aromatic heterocycles. The van der Waals surface area contributed by atoms with Crippen molar-refractivity contribution in [2.24, 2.45) is 45.3 Å². The number of amides is 2. The van der Waals surface area contributed by atoms with E-state index in [0.717, 1.165) is 36.8 Å². The van der Waals surface area contributed by atoms with E-state index in [-0.39, 0.29) is 94.1 Å². The van der Waals surface area contributed by atoms with E-state index in [2.05, 4.69) is 55.4 Å². The normalized spacial score (nSPS) is 35.5. The molecule has 0 bridgehead atoms. The summed E-state index contributed by atoms with van der Waals surface area (Å²) in [6.07, 6.45) is 7.95. The number of aliphatic carboxylic acids is 1. The maximum Gasteiger partial charge on any atom is 0.326 e. The Hall–Kier alpha value is -5.01. The van der Waals surface area contributed by atoms with Crippen molar-refractivity contribution >= 4 is 29.7 Å². The molecule has 3 N–H and O–H groups in total. The van der Waals surface area contributed by atoms with Gasteiger partial charge in [0.05, 0.1) is 24.2 Å². The molecule has 380 valence electrons. The molecular weight excluding hydrogens is 893 g/mol. The molecule has 4 saturated carbocycles. The third kappa shape index (κ3) is 6.71. The zero-order valence-corrected chi connectivity index (χ0v) is 42.9. The number of esters is 2. The Morgan fingerprint density at radius 1 is 0.671 bits per heavy atom. The van der Waals surface area contributed by atoms with Crippen molar-refractivity contribution in [1.82, 2.24) is 9.80 Å². The molecule has 0 unspecified atom stereocenters. The number of phenols is 2. The lowest BCUT2D eigenvalue weighted by atomic mass is 9.43. The lowest BCUT2D eigenvalue weighted by Gasteiger charge is -2.67. The predicted octanol–water partition coefficient (Wildman–Crippen LogP) is 9.29. The second kappa shape index (κ2) is 16.3. The van der Waals surface area contributed by atoms with Crippen molar-refractivity contribution < 1.29 is 58.2 Å². The van der Waals surface area contributed by atoms with Gasteiger partial charge in [-0.25, -0.2) is 4.79 Å². The Labute approximate surface area is 412 Å². The molecule has 14 heteroatoms. The van der Waals surface area contributed by atoms with Crippen LogP contribution in [0.3, 0.4) is 0 Å². The second-order valence-electron chi connectivity index (χ2n) is 24.6. The Morgan fingerprint density at radius 3 is 1.59 bits per heavy atom. The molecule has 2 aromatic carbocycles. The van der Waals surface area contributed by atoms with Crippen LogP contribution in [0.2, 0.25) is 0 Å². The van der Waals surface area contributed by atoms with Gasteiger partial charge in [0.25, 0.3) is 11.8 Å². The lowest BCUT2D eigenvalue weighted by Crippen LogP contribution is -2.70. The van der Waals surface area contributed by atoms with Crippen LogP contribution in [0, 0.1) is 45.3 Å². The predicted molar refractivity (Wildman–Crippen MR) is 257 cm³/mol. The van der Waals surface area contributed by atoms with Crippen LogP contribution >= 0.6 is 0 Å². The van der Waals surface area contributed by atoms with Crippen molar-refractivity contribution in [3.05, 3.63) is 45.5 Å². The number of rotatable bonds is 9. The zero-order chi connectivity index (χ0) is 50.4. The fraction of sp³-hybridized carbons (Fsp3) is 0.696. The van der Waals surface area contributed by atoms with Gasteiger partial charge in [0.15, 0.2) is 0 Å². The maximum atomic E-state index is 14.3. The molecule has 0 radical (unpaired) electrons. The van der Waals surface area contributed by atoms with Gasteiger partial charge in [-0.05, 0) is 107 Å². The Kier molecular flexibility index (Phi) is 11.3. The summed E-state index contributed by atoms with van der Waals surface area (Å²) < 4.78 is 26.6. The van der Waals surface area contributed by atoms with Crippen molar-refractivity contribution in [3.63, 3.8) is 0 Å². The van der Waals surface area contributed by atoms with Gasteiger partial charge in [0.1, 0.15) is 52.4 Å². The number of carboxylic acid groups (broad SMARTS) is 1. The van der Waals surface area contributed by atoms with Crippen LogP contribution in [-0.2, 0) is 49.8 Å². The van der Waals surface area contributed by atoms with Crippen molar-refractivity contribution in [2.75, 3.05) is 6.54 Å². The highest BCUT2D eigenvalue weighted by Crippen LogP contribution is 2.69. The van der Waals surface area contributed by atoms with Crippen LogP contribution in [0.1, 0.15) is 183 Å². The molecular formula is C56H74N2O12. The highest BCUT2D eigenvalue weighted by molar-refractivity contribution is 6.02. The SMILES string of the molecule is CC(=O)O[C@H]1CC[C@@]23Oc4c(c(O)cc5c4CN(CCCC[C@H](C(=O)O)N4Cc6c(cc(O)c7c6O[C@@]68CC[C@H](OC(C)=O)C(C)(C)[C@@H]6CC[C@H](C)[C@@]8(C)C7)C4=O)C5=O)C[C@]2(C)[C@@H](C)CC[C@H]3C1(C)C. The minimum absolute atomic E-state index is 0.0141. The van der Waals surface area contributed by atoms with Crippen LogP contribution < -0.4 is 9.47 Å². The van der Waals surface area contributed by atoms with Gasteiger partial charge in [-0.2, -0.15) is 0 Å². The third-order valence-electron chi connectivity index (χ3n) is 20.7. The van der Waals surface area contributed by atoms with E-state index in [1.165, 1.54) is 24.8 Å². The smallest absolute Gasteiger partial charge is 0.326 e. The first kappa shape index (κ1) is 48.6. The number of unbranched alkanes of at least 4 members (excludes halogenated alkanes) is 1. The molecule has 14 nitrogen and oxygen atoms in total. The van der Waals surface area contributed by atoms with Crippen LogP contribution in [0.25, 0.3) is 0 Å². The van der Waals surface area contributed by atoms with Crippen LogP contribution in [-0.4, -0.2) is 90.8 Å². The largest absolute Gasteiger partial charge is 0.508 e. The summed E-state index contributed by atoms with van der Waals surface area (Å²) >= 11 is 0. The lowest BCUT2D eigenvalue weighted by molar-refractivity contribution is -0.238. The third-order valence-corrected chi connectivity index (χ3v) is 20.7. The fourth-order valence-corrected chi connectivity index (χ4v) is 16.4. The van der Waals surface area contributed by atoms with E-state index in [0.29, 0.717) is 98.6 Å². The summed E-state index contributed by atoms with van der Waals surface area (Å²) in [5, 5.41) is 33.9. The number of ether oxygens (including phenoxy) is 4. The summed E-state index contributed by atoms with van der Waals surface area (Å²) in [7, 11) is 0. The van der Waals surface area contributed by atoms with Crippen LogP contribution in [0.15, 0.2) is 12.1 Å². The fourth-order valence-electron chi connectivity index (χ4n) is 16.4. The highest BCUT2D eigenvalue weighted by Gasteiger charge is 2.70. The average molecular weight is 967 g/mol. The average Bonchev–Trinajstić information content (AvgIpc) is 3.77. The number of nitrogens with zero attached hydrogens (tertiary/aromatic N) is 2. The molecule has 2 amide bonds. The topological polar surface area (TPSA) is 189 Å². The molecule has 4 fully saturated rings. The molecule has 70 heavy (non-hydrogen) atoms. The minimum Gasteiger partial charge on any atom is -0.508 e. The second-order valence-corrected chi connectivity index (χ2v) is 24.6. The quantitative estimate of drug-likeness (QED) is 0.160. The zero-order valence-electron chi connectivity index (χ0n) is 42.9. The number of carboxylic acids is 1. The molecule has 2 aromatic rings. The number of hydrogen-bond acceptors (Lipinski definition) is 11. The van der Waals surface area contributed by atoms with Crippen molar-refractivity contribution in [2.45, 2.75) is 195 Å². The Bertz CT molecular complexity index is 2590. The van der Waals surface area contributed by atoms with E-state index < -0.39 is 34.5 Å². The molecule has 10 rings (SSSR count). The van der Waals surface area contributed by atoms with Gasteiger partial charge in [0.2, 0.25) is 0 Å². The summed E-state index contributed by atoms with van der Waals surface area (Å²) in [6, 6.07) is 1.93. The summed E-state index contributed by atoms with van der Waals surface area (Å²) in [6.45, 7) is 21.3. The minimum atomic E-state index is -1.16. The highest BCUT2D eigenvalue weighted by atomic mass is 16.6. The van der Waals surface area contributed by atoms with Gasteiger partial charge >= 0.3 is 17.9 Å². The van der Waals surface area contributed by atoms with E-state index in [4.69, 9.17) is 18.9 Å². The van der Waals surface area contributed by atoms with E-state index in [9.17, 15) is 39.3 Å². The summed E-state index contributed by atoms with van der Waals surface area (Å²) in [5.74, 6) is -0.671. The Balaban J connectivity index is 0.856. The summed E-state index contributed by atoms with van der Waals surface area (Å²) in [5.41, 5.74) is 0.659. The number of carbonyl (C=O) groups excluding carboxylic acids is 4. The molecule has 0 saturated heterocycles. The van der Waals surface area contributed by atoms with Gasteiger partial charge in [0, 0.05) is 76.1 Å². The number of carbonyl (C=O) groups is 5. The Morgan fingerprint density at radius 2 is 1.13 bits per heavy atom. The number of hydrogen-bond donors (Lipinski definition) is 3. The van der Waals surface area contributed by atoms with Gasteiger partial charge in [-0.3, -0.25) is 19.2 Å².